The van der Waals surface area contributed by atoms with Crippen LogP contribution in [0, 0.1) is 13.8 Å². The molecule has 1 fully saturated rings. The van der Waals surface area contributed by atoms with Crippen LogP contribution in [0.2, 0.25) is 0 Å². The quantitative estimate of drug-likeness (QED) is 0.634. The highest BCUT2D eigenvalue weighted by Gasteiger charge is 2.38. The second kappa shape index (κ2) is 8.73. The van der Waals surface area contributed by atoms with Crippen molar-refractivity contribution in [1.82, 2.24) is 15.2 Å². The fourth-order valence-electron chi connectivity index (χ4n) is 3.79. The van der Waals surface area contributed by atoms with E-state index in [4.69, 9.17) is 9.90 Å². The number of rotatable bonds is 2. The maximum Gasteiger partial charge on any atom is 0.490 e. The summed E-state index contributed by atoms with van der Waals surface area (Å²) in [5.41, 5.74) is 6.29. The number of fused-ring (bicyclic) bond motifs is 1. The van der Waals surface area contributed by atoms with E-state index in [1.54, 1.807) is 0 Å². The van der Waals surface area contributed by atoms with Gasteiger partial charge in [0.1, 0.15) is 0 Å². The lowest BCUT2D eigenvalue weighted by molar-refractivity contribution is -0.192. The Labute approximate surface area is 171 Å². The first-order valence-electron chi connectivity index (χ1n) is 9.57. The molecule has 0 amide bonds. The van der Waals surface area contributed by atoms with Gasteiger partial charge in [-0.2, -0.15) is 18.3 Å². The summed E-state index contributed by atoms with van der Waals surface area (Å²) in [4.78, 5) is 16.0. The molecule has 4 rings (SSSR count). The fourth-order valence-corrected chi connectivity index (χ4v) is 3.79. The molecule has 2 N–H and O–H groups in total. The van der Waals surface area contributed by atoms with Gasteiger partial charge in [-0.25, -0.2) is 4.79 Å². The van der Waals surface area contributed by atoms with Gasteiger partial charge in [-0.15, -0.1) is 0 Å². The van der Waals surface area contributed by atoms with Gasteiger partial charge in [0.05, 0.1) is 11.7 Å². The summed E-state index contributed by atoms with van der Waals surface area (Å²) in [5, 5.41) is 15.6. The Balaban J connectivity index is 0.000000318. The SMILES string of the molecule is Cc1[nH]ncc1C1CCN(c2ccnc3c(C)cccc23)CC1.O=C(O)C(F)(F)F. The molecule has 2 aromatic heterocycles. The van der Waals surface area contributed by atoms with Crippen LogP contribution in [-0.2, 0) is 4.79 Å². The number of piperidine rings is 1. The van der Waals surface area contributed by atoms with E-state index in [9.17, 15) is 13.2 Å². The van der Waals surface area contributed by atoms with Crippen molar-refractivity contribution >= 4 is 22.6 Å². The van der Waals surface area contributed by atoms with Crippen LogP contribution in [0.4, 0.5) is 18.9 Å². The first kappa shape index (κ1) is 21.6. The number of carboxylic acid groups (broad SMARTS) is 1. The number of carboxylic acids is 1. The first-order valence-corrected chi connectivity index (χ1v) is 9.57. The number of nitrogens with zero attached hydrogens (tertiary/aromatic N) is 3. The van der Waals surface area contributed by atoms with E-state index in [1.807, 2.05) is 12.4 Å². The average molecular weight is 420 g/mol. The predicted molar refractivity (Wildman–Crippen MR) is 108 cm³/mol. The lowest BCUT2D eigenvalue weighted by Crippen LogP contribution is -2.33. The number of H-pyrrole nitrogens is 1. The summed E-state index contributed by atoms with van der Waals surface area (Å²) in [6, 6.07) is 8.61. The molecule has 3 aromatic rings. The lowest BCUT2D eigenvalue weighted by atomic mass is 9.89. The van der Waals surface area contributed by atoms with Crippen molar-refractivity contribution in [2.45, 2.75) is 38.8 Å². The summed E-state index contributed by atoms with van der Waals surface area (Å²) >= 11 is 0. The third kappa shape index (κ3) is 4.72. The molecule has 9 heteroatoms. The molecule has 0 unspecified atom stereocenters. The minimum absolute atomic E-state index is 0.625. The number of hydrogen-bond acceptors (Lipinski definition) is 4. The van der Waals surface area contributed by atoms with Crippen LogP contribution in [0.1, 0.15) is 35.6 Å². The van der Waals surface area contributed by atoms with Crippen molar-refractivity contribution in [3.05, 3.63) is 53.5 Å². The van der Waals surface area contributed by atoms with E-state index >= 15 is 0 Å². The minimum Gasteiger partial charge on any atom is -0.475 e. The number of aryl methyl sites for hydroxylation is 2. The Bertz CT molecular complexity index is 1020. The number of hydrogen-bond donors (Lipinski definition) is 2. The molecule has 1 aromatic carbocycles. The van der Waals surface area contributed by atoms with Crippen molar-refractivity contribution < 1.29 is 23.1 Å². The molecule has 1 saturated heterocycles. The van der Waals surface area contributed by atoms with Gasteiger partial charge in [0.15, 0.2) is 0 Å². The maximum absolute atomic E-state index is 10.6. The van der Waals surface area contributed by atoms with Crippen LogP contribution in [0.5, 0.6) is 0 Å². The van der Waals surface area contributed by atoms with E-state index in [-0.39, 0.29) is 0 Å². The molecule has 30 heavy (non-hydrogen) atoms. The van der Waals surface area contributed by atoms with Crippen LogP contribution in [0.15, 0.2) is 36.7 Å². The van der Waals surface area contributed by atoms with E-state index < -0.39 is 12.1 Å². The predicted octanol–water partition coefficient (Wildman–Crippen LogP) is 4.59. The van der Waals surface area contributed by atoms with Gasteiger partial charge in [-0.05, 0) is 49.8 Å². The van der Waals surface area contributed by atoms with Gasteiger partial charge < -0.3 is 10.0 Å². The number of aliphatic carboxylic acids is 1. The zero-order valence-corrected chi connectivity index (χ0v) is 16.7. The molecule has 160 valence electrons. The van der Waals surface area contributed by atoms with Crippen molar-refractivity contribution in [3.63, 3.8) is 0 Å². The number of aromatic nitrogens is 3. The van der Waals surface area contributed by atoms with Gasteiger partial charge in [0.2, 0.25) is 0 Å². The molecule has 0 radical (unpaired) electrons. The molecule has 0 saturated carbocycles. The summed E-state index contributed by atoms with van der Waals surface area (Å²) in [6.07, 6.45) is 1.21. The minimum atomic E-state index is -5.08. The highest BCUT2D eigenvalue weighted by Crippen LogP contribution is 2.34. The van der Waals surface area contributed by atoms with E-state index in [0.29, 0.717) is 5.92 Å². The second-order valence-corrected chi connectivity index (χ2v) is 7.32. The maximum atomic E-state index is 10.6. The molecule has 1 aliphatic heterocycles. The Hall–Kier alpha value is -3.10. The monoisotopic (exact) mass is 420 g/mol. The van der Waals surface area contributed by atoms with Crippen molar-refractivity contribution in [1.29, 1.82) is 0 Å². The number of benzene rings is 1. The molecule has 0 spiro atoms. The van der Waals surface area contributed by atoms with Gasteiger partial charge >= 0.3 is 12.1 Å². The number of pyridine rings is 1. The average Bonchev–Trinajstić information content (AvgIpc) is 3.14. The standard InChI is InChI=1S/C19H22N4.C2HF3O2/c1-13-4-3-5-16-18(6-9-20-19(13)16)23-10-7-15(8-11-23)17-12-21-22-14(17)2;3-2(4,5)1(6)7/h3-6,9,12,15H,7-8,10-11H2,1-2H3,(H,21,22);(H,6,7). The van der Waals surface area contributed by atoms with Gasteiger partial charge in [0, 0.05) is 36.1 Å². The molecule has 1 aliphatic rings. The highest BCUT2D eigenvalue weighted by molar-refractivity contribution is 5.93. The Morgan fingerprint density at radius 2 is 1.87 bits per heavy atom. The Morgan fingerprint density at radius 1 is 1.20 bits per heavy atom. The van der Waals surface area contributed by atoms with Crippen LogP contribution in [0.3, 0.4) is 0 Å². The molecule has 0 aliphatic carbocycles. The topological polar surface area (TPSA) is 82.1 Å². The van der Waals surface area contributed by atoms with Crippen LogP contribution >= 0.6 is 0 Å². The third-order valence-electron chi connectivity index (χ3n) is 5.34. The number of halogens is 3. The van der Waals surface area contributed by atoms with E-state index in [1.165, 1.54) is 40.7 Å². The summed E-state index contributed by atoms with van der Waals surface area (Å²) in [7, 11) is 0. The zero-order valence-electron chi connectivity index (χ0n) is 16.7. The number of anilines is 1. The van der Waals surface area contributed by atoms with Crippen LogP contribution in [-0.4, -0.2) is 45.5 Å². The Kier molecular flexibility index (Phi) is 6.28. The number of aromatic amines is 1. The summed E-state index contributed by atoms with van der Waals surface area (Å²) in [5.74, 6) is -2.13. The van der Waals surface area contributed by atoms with Crippen LogP contribution < -0.4 is 4.90 Å². The summed E-state index contributed by atoms with van der Waals surface area (Å²) < 4.78 is 31.7. The van der Waals surface area contributed by atoms with Crippen molar-refractivity contribution in [3.8, 4) is 0 Å². The van der Waals surface area contributed by atoms with Crippen molar-refractivity contribution in [2.24, 2.45) is 0 Å². The highest BCUT2D eigenvalue weighted by atomic mass is 19.4. The number of alkyl halides is 3. The third-order valence-corrected chi connectivity index (χ3v) is 5.34. The molecular weight excluding hydrogens is 397 g/mol. The molecule has 0 bridgehead atoms. The normalized spacial score (nSPS) is 15.0. The molecule has 3 heterocycles. The van der Waals surface area contributed by atoms with Gasteiger partial charge in [0.25, 0.3) is 0 Å². The van der Waals surface area contributed by atoms with E-state index in [2.05, 4.69) is 58.2 Å². The van der Waals surface area contributed by atoms with E-state index in [0.717, 1.165) is 18.6 Å². The van der Waals surface area contributed by atoms with Crippen LogP contribution in [0.25, 0.3) is 10.9 Å². The molecule has 6 nitrogen and oxygen atoms in total. The second-order valence-electron chi connectivity index (χ2n) is 7.32. The fraction of sp³-hybridized carbons (Fsp3) is 0.381. The molecule has 0 atom stereocenters. The molecular formula is C21H23F3N4O2. The number of nitrogens with one attached hydrogen (secondary N) is 1. The largest absolute Gasteiger partial charge is 0.490 e. The van der Waals surface area contributed by atoms with Crippen molar-refractivity contribution in [2.75, 3.05) is 18.0 Å². The smallest absolute Gasteiger partial charge is 0.475 e. The lowest BCUT2D eigenvalue weighted by Gasteiger charge is -2.34. The number of para-hydroxylation sites is 1. The first-order chi connectivity index (χ1) is 14.2. The Morgan fingerprint density at radius 3 is 2.43 bits per heavy atom. The van der Waals surface area contributed by atoms with Gasteiger partial charge in [-0.3, -0.25) is 10.1 Å². The zero-order chi connectivity index (χ0) is 21.9. The number of carbonyl (C=O) groups is 1. The summed E-state index contributed by atoms with van der Waals surface area (Å²) in [6.45, 7) is 6.42. The van der Waals surface area contributed by atoms with Gasteiger partial charge in [-0.1, -0.05) is 18.2 Å².